The van der Waals surface area contributed by atoms with Crippen molar-refractivity contribution < 1.29 is 0 Å². The van der Waals surface area contributed by atoms with E-state index in [1.165, 1.54) is 27.9 Å². The molecule has 2 aromatic rings. The Morgan fingerprint density at radius 1 is 1.05 bits per heavy atom. The summed E-state index contributed by atoms with van der Waals surface area (Å²) in [7, 11) is 2.13. The Morgan fingerprint density at radius 3 is 2.29 bits per heavy atom. The Labute approximate surface area is 128 Å². The third kappa shape index (κ3) is 3.45. The van der Waals surface area contributed by atoms with Crippen LogP contribution in [-0.2, 0) is 6.42 Å². The molecule has 0 aliphatic heterocycles. The molecule has 0 heterocycles. The zero-order chi connectivity index (χ0) is 15.4. The van der Waals surface area contributed by atoms with Crippen molar-refractivity contribution in [1.29, 1.82) is 0 Å². The molecule has 0 fully saturated rings. The zero-order valence-electron chi connectivity index (χ0n) is 13.6. The van der Waals surface area contributed by atoms with Crippen molar-refractivity contribution in [3.8, 4) is 0 Å². The smallest absolute Gasteiger partial charge is 0.0664 e. The number of hydrogen-bond donors (Lipinski definition) is 1. The summed E-state index contributed by atoms with van der Waals surface area (Å²) >= 11 is 0. The molecule has 0 bridgehead atoms. The minimum atomic E-state index is 0.206. The van der Waals surface area contributed by atoms with Crippen LogP contribution in [0.4, 0.5) is 5.69 Å². The summed E-state index contributed by atoms with van der Waals surface area (Å²) in [6.07, 6.45) is 1.07. The molecule has 1 atom stereocenters. The first kappa shape index (κ1) is 15.6. The van der Waals surface area contributed by atoms with Gasteiger partial charge in [-0.2, -0.15) is 0 Å². The van der Waals surface area contributed by atoms with Crippen LogP contribution in [0.15, 0.2) is 42.5 Å². The van der Waals surface area contributed by atoms with Crippen LogP contribution < -0.4 is 10.6 Å². The molecule has 0 spiro atoms. The number of nitrogens with zero attached hydrogens (tertiary/aromatic N) is 1. The van der Waals surface area contributed by atoms with Gasteiger partial charge in [-0.15, -0.1) is 0 Å². The summed E-state index contributed by atoms with van der Waals surface area (Å²) in [5, 5.41) is 0. The number of rotatable bonds is 5. The van der Waals surface area contributed by atoms with Gasteiger partial charge in [-0.05, 0) is 49.1 Å². The van der Waals surface area contributed by atoms with Crippen molar-refractivity contribution in [2.24, 2.45) is 5.73 Å². The Kier molecular flexibility index (Phi) is 5.03. The second-order valence-corrected chi connectivity index (χ2v) is 5.74. The molecule has 2 aromatic carbocycles. The lowest BCUT2D eigenvalue weighted by Crippen LogP contribution is -2.31. The average molecular weight is 282 g/mol. The van der Waals surface area contributed by atoms with Gasteiger partial charge in [0.25, 0.3) is 0 Å². The van der Waals surface area contributed by atoms with Gasteiger partial charge in [0.05, 0.1) is 6.04 Å². The maximum absolute atomic E-state index is 6.08. The van der Waals surface area contributed by atoms with E-state index in [1.54, 1.807) is 0 Å². The highest BCUT2D eigenvalue weighted by atomic mass is 15.1. The van der Waals surface area contributed by atoms with E-state index in [-0.39, 0.29) is 6.04 Å². The minimum absolute atomic E-state index is 0.206. The standard InChI is InChI=1S/C19H26N2/c1-5-16-8-10-17(11-9-16)21(4)19(13-20)18-12-14(2)6-7-15(18)3/h6-12,19H,5,13,20H2,1-4H3. The van der Waals surface area contributed by atoms with E-state index in [2.05, 4.69) is 75.2 Å². The topological polar surface area (TPSA) is 29.3 Å². The number of aryl methyl sites for hydroxylation is 3. The maximum Gasteiger partial charge on any atom is 0.0664 e. The molecule has 0 amide bonds. The monoisotopic (exact) mass is 282 g/mol. The average Bonchev–Trinajstić information content (AvgIpc) is 2.51. The molecule has 2 nitrogen and oxygen atoms in total. The van der Waals surface area contributed by atoms with Crippen molar-refractivity contribution in [3.63, 3.8) is 0 Å². The van der Waals surface area contributed by atoms with Gasteiger partial charge in [0.15, 0.2) is 0 Å². The first-order chi connectivity index (χ1) is 10.1. The lowest BCUT2D eigenvalue weighted by atomic mass is 9.97. The molecule has 0 aliphatic carbocycles. The van der Waals surface area contributed by atoms with Gasteiger partial charge >= 0.3 is 0 Å². The predicted molar refractivity (Wildman–Crippen MR) is 91.9 cm³/mol. The van der Waals surface area contributed by atoms with Crippen molar-refractivity contribution in [2.45, 2.75) is 33.2 Å². The SMILES string of the molecule is CCc1ccc(N(C)C(CN)c2cc(C)ccc2C)cc1. The first-order valence-electron chi connectivity index (χ1n) is 7.65. The lowest BCUT2D eigenvalue weighted by Gasteiger charge is -2.31. The number of likely N-dealkylation sites (N-methyl/N-ethyl adjacent to an activating group) is 1. The quantitative estimate of drug-likeness (QED) is 0.898. The summed E-state index contributed by atoms with van der Waals surface area (Å²) in [5.74, 6) is 0. The second kappa shape index (κ2) is 6.77. The van der Waals surface area contributed by atoms with Gasteiger partial charge in [0.2, 0.25) is 0 Å². The predicted octanol–water partition coefficient (Wildman–Crippen LogP) is 4.00. The van der Waals surface area contributed by atoms with Crippen LogP contribution in [0.2, 0.25) is 0 Å². The molecule has 0 aliphatic rings. The van der Waals surface area contributed by atoms with E-state index in [1.807, 2.05) is 0 Å². The fourth-order valence-corrected chi connectivity index (χ4v) is 2.76. The molecule has 0 saturated heterocycles. The van der Waals surface area contributed by atoms with Crippen LogP contribution >= 0.6 is 0 Å². The van der Waals surface area contributed by atoms with Crippen molar-refractivity contribution in [3.05, 3.63) is 64.7 Å². The number of nitrogens with two attached hydrogens (primary N) is 1. The lowest BCUT2D eigenvalue weighted by molar-refractivity contribution is 0.676. The van der Waals surface area contributed by atoms with Gasteiger partial charge in [0, 0.05) is 19.3 Å². The van der Waals surface area contributed by atoms with Crippen LogP contribution in [0, 0.1) is 13.8 Å². The van der Waals surface area contributed by atoms with Crippen molar-refractivity contribution in [1.82, 2.24) is 0 Å². The number of benzene rings is 2. The Bertz CT molecular complexity index is 587. The molecule has 0 radical (unpaired) electrons. The van der Waals surface area contributed by atoms with E-state index < -0.39 is 0 Å². The molecular weight excluding hydrogens is 256 g/mol. The molecule has 21 heavy (non-hydrogen) atoms. The van der Waals surface area contributed by atoms with Crippen LogP contribution in [0.25, 0.3) is 0 Å². The zero-order valence-corrected chi connectivity index (χ0v) is 13.6. The second-order valence-electron chi connectivity index (χ2n) is 5.74. The van der Waals surface area contributed by atoms with Gasteiger partial charge in [-0.25, -0.2) is 0 Å². The highest BCUT2D eigenvalue weighted by Gasteiger charge is 2.18. The molecule has 0 saturated carbocycles. The first-order valence-corrected chi connectivity index (χ1v) is 7.65. The molecular formula is C19H26N2. The summed E-state index contributed by atoms with van der Waals surface area (Å²) in [4.78, 5) is 2.28. The van der Waals surface area contributed by atoms with Crippen LogP contribution in [0.5, 0.6) is 0 Å². The summed E-state index contributed by atoms with van der Waals surface area (Å²) in [6, 6.07) is 15.6. The van der Waals surface area contributed by atoms with Gasteiger partial charge < -0.3 is 10.6 Å². The third-order valence-electron chi connectivity index (χ3n) is 4.24. The van der Waals surface area contributed by atoms with Crippen LogP contribution in [0.3, 0.4) is 0 Å². The van der Waals surface area contributed by atoms with Gasteiger partial charge in [0.1, 0.15) is 0 Å². The molecule has 2 heteroatoms. The highest BCUT2D eigenvalue weighted by Crippen LogP contribution is 2.28. The molecule has 2 N–H and O–H groups in total. The van der Waals surface area contributed by atoms with Crippen molar-refractivity contribution in [2.75, 3.05) is 18.5 Å². The molecule has 1 unspecified atom stereocenters. The molecule has 2 rings (SSSR count). The molecule has 0 aromatic heterocycles. The van der Waals surface area contributed by atoms with E-state index in [0.717, 1.165) is 6.42 Å². The Hall–Kier alpha value is -1.80. The molecule has 112 valence electrons. The van der Waals surface area contributed by atoms with Gasteiger partial charge in [-0.3, -0.25) is 0 Å². The summed E-state index contributed by atoms with van der Waals surface area (Å²) < 4.78 is 0. The largest absolute Gasteiger partial charge is 0.366 e. The van der Waals surface area contributed by atoms with E-state index in [0.29, 0.717) is 6.54 Å². The van der Waals surface area contributed by atoms with Crippen LogP contribution in [-0.4, -0.2) is 13.6 Å². The van der Waals surface area contributed by atoms with Gasteiger partial charge in [-0.1, -0.05) is 42.8 Å². The van der Waals surface area contributed by atoms with E-state index in [4.69, 9.17) is 5.73 Å². The number of anilines is 1. The van der Waals surface area contributed by atoms with Crippen molar-refractivity contribution >= 4 is 5.69 Å². The summed E-state index contributed by atoms with van der Waals surface area (Å²) in [5.41, 5.74) is 12.6. The highest BCUT2D eigenvalue weighted by molar-refractivity contribution is 5.50. The summed E-state index contributed by atoms with van der Waals surface area (Å²) in [6.45, 7) is 7.08. The minimum Gasteiger partial charge on any atom is -0.366 e. The van der Waals surface area contributed by atoms with Crippen LogP contribution in [0.1, 0.15) is 35.2 Å². The fraction of sp³-hybridized carbons (Fsp3) is 0.368. The normalized spacial score (nSPS) is 12.2. The van der Waals surface area contributed by atoms with E-state index in [9.17, 15) is 0 Å². The Balaban J connectivity index is 2.33. The van der Waals surface area contributed by atoms with E-state index >= 15 is 0 Å². The maximum atomic E-state index is 6.08. The Morgan fingerprint density at radius 2 is 1.71 bits per heavy atom. The fourth-order valence-electron chi connectivity index (χ4n) is 2.76. The number of hydrogen-bond acceptors (Lipinski definition) is 2. The third-order valence-corrected chi connectivity index (χ3v) is 4.24.